The summed E-state index contributed by atoms with van der Waals surface area (Å²) in [6, 6.07) is 9.41. The van der Waals surface area contributed by atoms with E-state index in [0.717, 1.165) is 16.7 Å². The number of aromatic nitrogens is 1. The van der Waals surface area contributed by atoms with E-state index >= 15 is 0 Å². The Morgan fingerprint density at radius 2 is 2.14 bits per heavy atom. The number of carbonyl (C=O) groups excluding carboxylic acids is 1. The summed E-state index contributed by atoms with van der Waals surface area (Å²) in [6.45, 7) is 4.38. The summed E-state index contributed by atoms with van der Waals surface area (Å²) < 4.78 is 5.79. The van der Waals surface area contributed by atoms with Crippen LogP contribution >= 0.6 is 0 Å². The second kappa shape index (κ2) is 7.04. The van der Waals surface area contributed by atoms with Gasteiger partial charge in [-0.25, -0.2) is 0 Å². The Labute approximate surface area is 124 Å². The van der Waals surface area contributed by atoms with Gasteiger partial charge in [-0.05, 0) is 24.3 Å². The maximum absolute atomic E-state index is 11.4. The SMILES string of the molecule is CC(C)NC(CCOc1cccc2ncccc12)C(N)=O. The molecule has 1 aromatic carbocycles. The van der Waals surface area contributed by atoms with Crippen molar-refractivity contribution in [2.24, 2.45) is 5.73 Å². The van der Waals surface area contributed by atoms with E-state index in [0.29, 0.717) is 13.0 Å². The number of amides is 1. The molecule has 2 rings (SSSR count). The number of nitrogens with one attached hydrogen (secondary N) is 1. The summed E-state index contributed by atoms with van der Waals surface area (Å²) in [6.07, 6.45) is 2.28. The molecule has 0 radical (unpaired) electrons. The molecule has 1 unspecified atom stereocenters. The van der Waals surface area contributed by atoms with Gasteiger partial charge < -0.3 is 15.8 Å². The highest BCUT2D eigenvalue weighted by atomic mass is 16.5. The number of benzene rings is 1. The van der Waals surface area contributed by atoms with Gasteiger partial charge in [-0.2, -0.15) is 0 Å². The highest BCUT2D eigenvalue weighted by molar-refractivity contribution is 5.84. The van der Waals surface area contributed by atoms with Crippen molar-refractivity contribution < 1.29 is 9.53 Å². The fourth-order valence-corrected chi connectivity index (χ4v) is 2.20. The zero-order chi connectivity index (χ0) is 15.2. The Balaban J connectivity index is 2.00. The van der Waals surface area contributed by atoms with Crippen LogP contribution < -0.4 is 15.8 Å². The summed E-state index contributed by atoms with van der Waals surface area (Å²) in [7, 11) is 0. The van der Waals surface area contributed by atoms with Crippen LogP contribution in [0.5, 0.6) is 5.75 Å². The van der Waals surface area contributed by atoms with Crippen LogP contribution in [0.25, 0.3) is 10.9 Å². The molecular weight excluding hydrogens is 266 g/mol. The lowest BCUT2D eigenvalue weighted by Gasteiger charge is -2.18. The number of primary amides is 1. The van der Waals surface area contributed by atoms with Gasteiger partial charge in [0.2, 0.25) is 5.91 Å². The van der Waals surface area contributed by atoms with Gasteiger partial charge >= 0.3 is 0 Å². The van der Waals surface area contributed by atoms with Gasteiger partial charge in [0, 0.05) is 24.0 Å². The quantitative estimate of drug-likeness (QED) is 0.815. The molecule has 1 atom stereocenters. The Kier molecular flexibility index (Phi) is 5.11. The van der Waals surface area contributed by atoms with E-state index in [2.05, 4.69) is 10.3 Å². The van der Waals surface area contributed by atoms with Gasteiger partial charge in [0.1, 0.15) is 5.75 Å². The summed E-state index contributed by atoms with van der Waals surface area (Å²) in [5.41, 5.74) is 6.28. The molecule has 1 amide bonds. The summed E-state index contributed by atoms with van der Waals surface area (Å²) in [5.74, 6) is 0.417. The Morgan fingerprint density at radius 3 is 2.86 bits per heavy atom. The predicted octanol–water partition coefficient (Wildman–Crippen LogP) is 1.86. The predicted molar refractivity (Wildman–Crippen MR) is 83.1 cm³/mol. The fraction of sp³-hybridized carbons (Fsp3) is 0.375. The highest BCUT2D eigenvalue weighted by Gasteiger charge is 2.16. The molecule has 0 aliphatic rings. The molecule has 2 aromatic rings. The normalized spacial score (nSPS) is 12.5. The molecule has 0 bridgehead atoms. The van der Waals surface area contributed by atoms with E-state index in [1.807, 2.05) is 44.2 Å². The molecule has 0 spiro atoms. The third-order valence-electron chi connectivity index (χ3n) is 3.15. The molecule has 5 nitrogen and oxygen atoms in total. The van der Waals surface area contributed by atoms with E-state index in [4.69, 9.17) is 10.5 Å². The number of fused-ring (bicyclic) bond motifs is 1. The van der Waals surface area contributed by atoms with Crippen molar-refractivity contribution in [1.29, 1.82) is 0 Å². The van der Waals surface area contributed by atoms with Crippen molar-refractivity contribution >= 4 is 16.8 Å². The van der Waals surface area contributed by atoms with Crippen LogP contribution in [0.15, 0.2) is 36.5 Å². The van der Waals surface area contributed by atoms with E-state index in [1.165, 1.54) is 0 Å². The summed E-state index contributed by atoms with van der Waals surface area (Å²) in [5, 5.41) is 4.10. The average molecular weight is 287 g/mol. The molecule has 0 saturated heterocycles. The standard InChI is InChI=1S/C16H21N3O2/c1-11(2)19-14(16(17)20)8-10-21-15-7-3-6-13-12(15)5-4-9-18-13/h3-7,9,11,14,19H,8,10H2,1-2H3,(H2,17,20). The van der Waals surface area contributed by atoms with Gasteiger partial charge in [0.05, 0.1) is 18.2 Å². The first-order valence-electron chi connectivity index (χ1n) is 7.10. The van der Waals surface area contributed by atoms with Crippen molar-refractivity contribution in [3.8, 4) is 5.75 Å². The molecule has 5 heteroatoms. The molecular formula is C16H21N3O2. The number of ether oxygens (including phenoxy) is 1. The van der Waals surface area contributed by atoms with E-state index in [-0.39, 0.29) is 18.0 Å². The zero-order valence-corrected chi connectivity index (χ0v) is 12.4. The van der Waals surface area contributed by atoms with Crippen LogP contribution in [0.3, 0.4) is 0 Å². The second-order valence-electron chi connectivity index (χ2n) is 5.24. The monoisotopic (exact) mass is 287 g/mol. The number of nitrogens with zero attached hydrogens (tertiary/aromatic N) is 1. The minimum atomic E-state index is -0.377. The third-order valence-corrected chi connectivity index (χ3v) is 3.15. The van der Waals surface area contributed by atoms with Crippen LogP contribution in [0.1, 0.15) is 20.3 Å². The maximum atomic E-state index is 11.4. The zero-order valence-electron chi connectivity index (χ0n) is 12.4. The van der Waals surface area contributed by atoms with Gasteiger partial charge in [0.25, 0.3) is 0 Å². The lowest BCUT2D eigenvalue weighted by molar-refractivity contribution is -0.120. The molecule has 0 saturated carbocycles. The number of carbonyl (C=O) groups is 1. The van der Waals surface area contributed by atoms with Crippen LogP contribution in [0.2, 0.25) is 0 Å². The van der Waals surface area contributed by atoms with Crippen molar-refractivity contribution in [2.75, 3.05) is 6.61 Å². The van der Waals surface area contributed by atoms with Crippen molar-refractivity contribution in [3.05, 3.63) is 36.5 Å². The Morgan fingerprint density at radius 1 is 1.33 bits per heavy atom. The summed E-state index contributed by atoms with van der Waals surface area (Å²) in [4.78, 5) is 15.7. The van der Waals surface area contributed by atoms with Crippen LogP contribution in [-0.4, -0.2) is 29.6 Å². The molecule has 1 aromatic heterocycles. The van der Waals surface area contributed by atoms with E-state index in [9.17, 15) is 4.79 Å². The van der Waals surface area contributed by atoms with Gasteiger partial charge in [-0.3, -0.25) is 9.78 Å². The minimum Gasteiger partial charge on any atom is -0.493 e. The minimum absolute atomic E-state index is 0.198. The maximum Gasteiger partial charge on any atom is 0.234 e. The van der Waals surface area contributed by atoms with Gasteiger partial charge in [0.15, 0.2) is 0 Å². The number of nitrogens with two attached hydrogens (primary N) is 1. The molecule has 0 aliphatic carbocycles. The van der Waals surface area contributed by atoms with Crippen molar-refractivity contribution in [3.63, 3.8) is 0 Å². The van der Waals surface area contributed by atoms with Gasteiger partial charge in [-0.15, -0.1) is 0 Å². The van der Waals surface area contributed by atoms with Crippen LogP contribution in [-0.2, 0) is 4.79 Å². The molecule has 3 N–H and O–H groups in total. The fourth-order valence-electron chi connectivity index (χ4n) is 2.20. The Bertz CT molecular complexity index is 608. The Hall–Kier alpha value is -2.14. The van der Waals surface area contributed by atoms with Crippen molar-refractivity contribution in [1.82, 2.24) is 10.3 Å². The largest absolute Gasteiger partial charge is 0.493 e. The molecule has 21 heavy (non-hydrogen) atoms. The van der Waals surface area contributed by atoms with E-state index < -0.39 is 0 Å². The van der Waals surface area contributed by atoms with E-state index in [1.54, 1.807) is 6.20 Å². The first-order valence-corrected chi connectivity index (χ1v) is 7.10. The molecule has 1 heterocycles. The molecule has 112 valence electrons. The van der Waals surface area contributed by atoms with Crippen LogP contribution in [0, 0.1) is 0 Å². The van der Waals surface area contributed by atoms with Crippen LogP contribution in [0.4, 0.5) is 0 Å². The third kappa shape index (κ3) is 4.16. The second-order valence-corrected chi connectivity index (χ2v) is 5.24. The lowest BCUT2D eigenvalue weighted by atomic mass is 10.1. The molecule has 0 aliphatic heterocycles. The summed E-state index contributed by atoms with van der Waals surface area (Å²) >= 11 is 0. The number of hydrogen-bond acceptors (Lipinski definition) is 4. The number of pyridine rings is 1. The first-order chi connectivity index (χ1) is 10.1. The topological polar surface area (TPSA) is 77.2 Å². The van der Waals surface area contributed by atoms with Crippen molar-refractivity contribution in [2.45, 2.75) is 32.4 Å². The lowest BCUT2D eigenvalue weighted by Crippen LogP contribution is -2.45. The highest BCUT2D eigenvalue weighted by Crippen LogP contribution is 2.23. The average Bonchev–Trinajstić information content (AvgIpc) is 2.46. The molecule has 0 fully saturated rings. The first kappa shape index (κ1) is 15.3. The number of rotatable bonds is 7. The smallest absolute Gasteiger partial charge is 0.234 e. The van der Waals surface area contributed by atoms with Gasteiger partial charge in [-0.1, -0.05) is 19.9 Å². The number of hydrogen-bond donors (Lipinski definition) is 2.